The van der Waals surface area contributed by atoms with Gasteiger partial charge in [0, 0.05) is 13.6 Å². The zero-order chi connectivity index (χ0) is 18.9. The number of carbonyl (C=O) groups excluding carboxylic acids is 1. The Kier molecular flexibility index (Phi) is 5.11. The van der Waals surface area contributed by atoms with E-state index >= 15 is 0 Å². The minimum atomic E-state index is -3.00. The topological polar surface area (TPSA) is 62.1 Å². The molecule has 1 unspecified atom stereocenters. The Morgan fingerprint density at radius 1 is 1.27 bits per heavy atom. The summed E-state index contributed by atoms with van der Waals surface area (Å²) in [6, 6.07) is 8.83. The Morgan fingerprint density at radius 3 is 2.62 bits per heavy atom. The van der Waals surface area contributed by atoms with Crippen LogP contribution >= 0.6 is 11.6 Å². The van der Waals surface area contributed by atoms with E-state index in [-0.39, 0.29) is 22.2 Å². The molecule has 1 atom stereocenters. The molecule has 2 aromatic carbocycles. The second-order valence-electron chi connectivity index (χ2n) is 5.90. The van der Waals surface area contributed by atoms with Gasteiger partial charge in [-0.05, 0) is 36.8 Å². The zero-order valence-corrected chi connectivity index (χ0v) is 15.9. The molecule has 26 heavy (non-hydrogen) atoms. The van der Waals surface area contributed by atoms with E-state index in [0.717, 1.165) is 6.54 Å². The van der Waals surface area contributed by atoms with E-state index in [0.29, 0.717) is 16.1 Å². The van der Waals surface area contributed by atoms with Gasteiger partial charge < -0.3 is 4.90 Å². The lowest BCUT2D eigenvalue weighted by Crippen LogP contribution is -2.14. The first kappa shape index (κ1) is 18.5. The highest BCUT2D eigenvalue weighted by molar-refractivity contribution is 7.93. The van der Waals surface area contributed by atoms with Crippen LogP contribution in [0.25, 0.3) is 0 Å². The Bertz CT molecular complexity index is 1010. The molecule has 1 heterocycles. The first-order chi connectivity index (χ1) is 12.3. The maximum atomic E-state index is 13.3. The normalized spacial score (nSPS) is 18.8. The SMILES string of the molecule is CCN(C)/C=N\c1ccc2c(c1Cl)C(=O)N=S2(=O)Cc1ccc(F)cc1. The molecule has 5 nitrogen and oxygen atoms in total. The summed E-state index contributed by atoms with van der Waals surface area (Å²) in [6.45, 7) is 2.75. The first-order valence-electron chi connectivity index (χ1n) is 7.94. The van der Waals surface area contributed by atoms with Crippen LogP contribution in [-0.4, -0.2) is 34.9 Å². The highest BCUT2D eigenvalue weighted by atomic mass is 35.5. The summed E-state index contributed by atoms with van der Waals surface area (Å²) in [5.41, 5.74) is 1.18. The van der Waals surface area contributed by atoms with E-state index in [1.54, 1.807) is 18.5 Å². The Balaban J connectivity index is 2.00. The molecular weight excluding hydrogens is 377 g/mol. The van der Waals surface area contributed by atoms with Gasteiger partial charge in [-0.25, -0.2) is 13.6 Å². The van der Waals surface area contributed by atoms with Crippen LogP contribution in [0.3, 0.4) is 0 Å². The number of aliphatic imine (C=N–C) groups is 1. The van der Waals surface area contributed by atoms with Gasteiger partial charge in [0.15, 0.2) is 0 Å². The number of halogens is 2. The molecule has 0 spiro atoms. The van der Waals surface area contributed by atoms with Crippen LogP contribution in [0.1, 0.15) is 22.8 Å². The summed E-state index contributed by atoms with van der Waals surface area (Å²) < 4.78 is 30.2. The van der Waals surface area contributed by atoms with Crippen molar-refractivity contribution in [2.24, 2.45) is 9.36 Å². The van der Waals surface area contributed by atoms with E-state index in [1.165, 1.54) is 24.3 Å². The Labute approximate surface area is 156 Å². The third kappa shape index (κ3) is 3.50. The average Bonchev–Trinajstić information content (AvgIpc) is 2.87. The molecule has 8 heteroatoms. The molecule has 3 rings (SSSR count). The van der Waals surface area contributed by atoms with E-state index < -0.39 is 15.6 Å². The van der Waals surface area contributed by atoms with Gasteiger partial charge in [-0.1, -0.05) is 23.7 Å². The van der Waals surface area contributed by atoms with Gasteiger partial charge in [-0.2, -0.15) is 4.36 Å². The lowest BCUT2D eigenvalue weighted by atomic mass is 10.2. The van der Waals surface area contributed by atoms with Crippen molar-refractivity contribution in [2.75, 3.05) is 13.6 Å². The fraction of sp³-hybridized carbons (Fsp3) is 0.222. The van der Waals surface area contributed by atoms with Crippen LogP contribution in [0.5, 0.6) is 0 Å². The maximum Gasteiger partial charge on any atom is 0.288 e. The summed E-state index contributed by atoms with van der Waals surface area (Å²) in [5.74, 6) is -0.979. The van der Waals surface area contributed by atoms with Gasteiger partial charge in [-0.3, -0.25) is 4.79 Å². The Morgan fingerprint density at radius 2 is 1.96 bits per heavy atom. The van der Waals surface area contributed by atoms with Gasteiger partial charge >= 0.3 is 0 Å². The van der Waals surface area contributed by atoms with Crippen molar-refractivity contribution in [1.82, 2.24) is 4.90 Å². The van der Waals surface area contributed by atoms with E-state index in [2.05, 4.69) is 9.36 Å². The van der Waals surface area contributed by atoms with Crippen molar-refractivity contribution in [1.29, 1.82) is 0 Å². The van der Waals surface area contributed by atoms with Crippen LogP contribution in [0.2, 0.25) is 5.02 Å². The smallest absolute Gasteiger partial charge is 0.288 e. The third-order valence-electron chi connectivity index (χ3n) is 4.04. The van der Waals surface area contributed by atoms with E-state index in [9.17, 15) is 13.4 Å². The van der Waals surface area contributed by atoms with Crippen molar-refractivity contribution in [3.8, 4) is 0 Å². The zero-order valence-electron chi connectivity index (χ0n) is 14.3. The van der Waals surface area contributed by atoms with Crippen molar-refractivity contribution in [2.45, 2.75) is 17.6 Å². The summed E-state index contributed by atoms with van der Waals surface area (Å²) in [5, 5.41) is 0.140. The first-order valence-corrected chi connectivity index (χ1v) is 10.0. The number of amides is 1. The van der Waals surface area contributed by atoms with Crippen molar-refractivity contribution in [3.05, 3.63) is 58.4 Å². The molecular formula is C18H17ClFN3O2S. The number of carbonyl (C=O) groups is 1. The van der Waals surface area contributed by atoms with Crippen molar-refractivity contribution in [3.63, 3.8) is 0 Å². The van der Waals surface area contributed by atoms with Gasteiger partial charge in [0.1, 0.15) is 5.82 Å². The average molecular weight is 394 g/mol. The monoisotopic (exact) mass is 393 g/mol. The quantitative estimate of drug-likeness (QED) is 0.563. The van der Waals surface area contributed by atoms with Crippen LogP contribution in [-0.2, 0) is 15.5 Å². The second-order valence-corrected chi connectivity index (χ2v) is 8.47. The Hall–Kier alpha value is -2.25. The minimum absolute atomic E-state index is 0.0174. The maximum absolute atomic E-state index is 13.3. The van der Waals surface area contributed by atoms with E-state index in [4.69, 9.17) is 11.6 Å². The molecule has 0 saturated carbocycles. The molecule has 0 N–H and O–H groups in total. The lowest BCUT2D eigenvalue weighted by molar-refractivity contribution is 0.101. The summed E-state index contributed by atoms with van der Waals surface area (Å²) in [7, 11) is -1.14. The molecule has 1 amide bonds. The molecule has 0 bridgehead atoms. The van der Waals surface area contributed by atoms with Gasteiger partial charge in [0.05, 0.1) is 43.0 Å². The summed E-state index contributed by atoms with van der Waals surface area (Å²) >= 11 is 6.34. The predicted molar refractivity (Wildman–Crippen MR) is 101 cm³/mol. The van der Waals surface area contributed by atoms with Crippen LogP contribution in [0.15, 0.2) is 50.6 Å². The molecule has 0 saturated heterocycles. The molecule has 0 fully saturated rings. The highest BCUT2D eigenvalue weighted by Gasteiger charge is 2.32. The number of benzene rings is 2. The molecule has 0 radical (unpaired) electrons. The number of rotatable bonds is 5. The predicted octanol–water partition coefficient (Wildman–Crippen LogP) is 4.27. The van der Waals surface area contributed by atoms with Gasteiger partial charge in [0.25, 0.3) is 5.91 Å². The fourth-order valence-electron chi connectivity index (χ4n) is 2.50. The molecule has 0 aliphatic carbocycles. The van der Waals surface area contributed by atoms with Gasteiger partial charge in [0.2, 0.25) is 0 Å². The second kappa shape index (κ2) is 7.17. The number of hydrogen-bond donors (Lipinski definition) is 0. The highest BCUT2D eigenvalue weighted by Crippen LogP contribution is 2.39. The molecule has 1 aliphatic rings. The van der Waals surface area contributed by atoms with Crippen LogP contribution in [0, 0.1) is 5.82 Å². The molecule has 136 valence electrons. The summed E-state index contributed by atoms with van der Waals surface area (Å²) in [4.78, 5) is 18.8. The third-order valence-corrected chi connectivity index (χ3v) is 6.63. The van der Waals surface area contributed by atoms with E-state index in [1.807, 2.05) is 18.9 Å². The van der Waals surface area contributed by atoms with Crippen molar-refractivity contribution >= 4 is 39.3 Å². The van der Waals surface area contributed by atoms with Crippen LogP contribution < -0.4 is 0 Å². The molecule has 2 aromatic rings. The lowest BCUT2D eigenvalue weighted by Gasteiger charge is -2.10. The minimum Gasteiger partial charge on any atom is -0.366 e. The van der Waals surface area contributed by atoms with Crippen LogP contribution in [0.4, 0.5) is 10.1 Å². The largest absolute Gasteiger partial charge is 0.366 e. The molecule has 1 aliphatic heterocycles. The molecule has 0 aromatic heterocycles. The standard InChI is InChI=1S/C18H17ClFN3O2S/c1-3-23(2)11-21-14-8-9-15-16(17(14)19)18(24)22-26(15,25)10-12-4-6-13(20)7-5-12/h4-9,11H,3,10H2,1-2H3/b21-11-. The van der Waals surface area contributed by atoms with Crippen molar-refractivity contribution < 1.29 is 13.4 Å². The number of hydrogen-bond acceptors (Lipinski definition) is 3. The fourth-order valence-corrected chi connectivity index (χ4v) is 4.96. The summed E-state index contributed by atoms with van der Waals surface area (Å²) in [6.07, 6.45) is 1.61. The number of nitrogens with zero attached hydrogens (tertiary/aromatic N) is 3. The number of fused-ring (bicyclic) bond motifs is 1. The van der Waals surface area contributed by atoms with Gasteiger partial charge in [-0.15, -0.1) is 0 Å².